The van der Waals surface area contributed by atoms with Crippen LogP contribution in [0, 0.1) is 0 Å². The number of aromatic hydroxyl groups is 1. The average molecular weight is 260 g/mol. The molecule has 3 rings (SSSR count). The molecule has 0 atom stereocenters. The maximum absolute atomic E-state index is 11.8. The van der Waals surface area contributed by atoms with Gasteiger partial charge < -0.3 is 14.9 Å². The van der Waals surface area contributed by atoms with E-state index in [-0.39, 0.29) is 23.8 Å². The van der Waals surface area contributed by atoms with Gasteiger partial charge >= 0.3 is 0 Å². The van der Waals surface area contributed by atoms with Gasteiger partial charge in [-0.05, 0) is 18.9 Å². The predicted molar refractivity (Wildman–Crippen MR) is 63.3 cm³/mol. The van der Waals surface area contributed by atoms with Crippen molar-refractivity contribution < 1.29 is 14.4 Å². The Balaban J connectivity index is 1.60. The SMILES string of the molecule is O=C(NCc1noc(C2CC2)n1)c1cncc(O)c1. The first-order valence-corrected chi connectivity index (χ1v) is 5.97. The third kappa shape index (κ3) is 2.70. The number of nitrogens with one attached hydrogen (secondary N) is 1. The standard InChI is InChI=1S/C12H12N4O3/c17-9-3-8(4-13-5-9)11(18)14-6-10-15-12(19-16-10)7-1-2-7/h3-5,7,17H,1-2,6H2,(H,14,18). The van der Waals surface area contributed by atoms with Crippen LogP contribution >= 0.6 is 0 Å². The van der Waals surface area contributed by atoms with Crippen LogP contribution in [-0.2, 0) is 6.54 Å². The molecular formula is C12H12N4O3. The van der Waals surface area contributed by atoms with Crippen molar-refractivity contribution in [2.24, 2.45) is 0 Å². The molecule has 2 N–H and O–H groups in total. The van der Waals surface area contributed by atoms with Crippen LogP contribution in [0.5, 0.6) is 5.75 Å². The summed E-state index contributed by atoms with van der Waals surface area (Å²) in [5.74, 6) is 1.09. The van der Waals surface area contributed by atoms with Crippen LogP contribution in [-0.4, -0.2) is 26.1 Å². The zero-order valence-corrected chi connectivity index (χ0v) is 10.0. The first kappa shape index (κ1) is 11.6. The van der Waals surface area contributed by atoms with Gasteiger partial charge in [0, 0.05) is 12.1 Å². The summed E-state index contributed by atoms with van der Waals surface area (Å²) < 4.78 is 5.08. The van der Waals surface area contributed by atoms with Gasteiger partial charge in [-0.2, -0.15) is 4.98 Å². The molecule has 1 fully saturated rings. The molecule has 2 aromatic heterocycles. The van der Waals surface area contributed by atoms with Crippen molar-refractivity contribution >= 4 is 5.91 Å². The normalized spacial score (nSPS) is 14.3. The maximum atomic E-state index is 11.8. The number of carbonyl (C=O) groups excluding carboxylic acids is 1. The van der Waals surface area contributed by atoms with Crippen LogP contribution in [0.15, 0.2) is 23.0 Å². The summed E-state index contributed by atoms with van der Waals surface area (Å²) >= 11 is 0. The van der Waals surface area contributed by atoms with Gasteiger partial charge in [-0.3, -0.25) is 9.78 Å². The third-order valence-corrected chi connectivity index (χ3v) is 2.80. The second-order valence-corrected chi connectivity index (χ2v) is 4.44. The lowest BCUT2D eigenvalue weighted by Gasteiger charge is -2.01. The zero-order chi connectivity index (χ0) is 13.2. The summed E-state index contributed by atoms with van der Waals surface area (Å²) in [4.78, 5) is 19.7. The van der Waals surface area contributed by atoms with Crippen LogP contribution < -0.4 is 5.32 Å². The molecule has 0 unspecified atom stereocenters. The van der Waals surface area contributed by atoms with Crippen molar-refractivity contribution in [3.63, 3.8) is 0 Å². The molecule has 0 aromatic carbocycles. The molecule has 0 radical (unpaired) electrons. The van der Waals surface area contributed by atoms with Crippen LogP contribution in [0.25, 0.3) is 0 Å². The highest BCUT2D eigenvalue weighted by atomic mass is 16.5. The number of pyridine rings is 1. The number of nitrogens with zero attached hydrogens (tertiary/aromatic N) is 3. The average Bonchev–Trinajstić information content (AvgIpc) is 3.15. The Morgan fingerprint density at radius 1 is 1.47 bits per heavy atom. The summed E-state index contributed by atoms with van der Waals surface area (Å²) in [6, 6.07) is 1.34. The summed E-state index contributed by atoms with van der Waals surface area (Å²) in [6.07, 6.45) is 4.81. The van der Waals surface area contributed by atoms with Crippen molar-refractivity contribution in [2.75, 3.05) is 0 Å². The predicted octanol–water partition coefficient (Wildman–Crippen LogP) is 0.978. The molecule has 1 aliphatic carbocycles. The summed E-state index contributed by atoms with van der Waals surface area (Å²) in [6.45, 7) is 0.185. The smallest absolute Gasteiger partial charge is 0.253 e. The number of rotatable bonds is 4. The molecule has 7 heteroatoms. The lowest BCUT2D eigenvalue weighted by atomic mass is 10.2. The lowest BCUT2D eigenvalue weighted by Crippen LogP contribution is -2.23. The van der Waals surface area contributed by atoms with Crippen molar-refractivity contribution in [1.82, 2.24) is 20.4 Å². The Morgan fingerprint density at radius 3 is 3.05 bits per heavy atom. The van der Waals surface area contributed by atoms with E-state index >= 15 is 0 Å². The van der Waals surface area contributed by atoms with Crippen LogP contribution in [0.4, 0.5) is 0 Å². The maximum Gasteiger partial charge on any atom is 0.253 e. The minimum atomic E-state index is -0.346. The van der Waals surface area contributed by atoms with Crippen molar-refractivity contribution in [2.45, 2.75) is 25.3 Å². The van der Waals surface area contributed by atoms with E-state index in [0.29, 0.717) is 17.6 Å². The van der Waals surface area contributed by atoms with Gasteiger partial charge in [-0.1, -0.05) is 5.16 Å². The fraction of sp³-hybridized carbons (Fsp3) is 0.333. The zero-order valence-electron chi connectivity index (χ0n) is 10.0. The fourth-order valence-corrected chi connectivity index (χ4v) is 1.65. The van der Waals surface area contributed by atoms with Gasteiger partial charge in [0.1, 0.15) is 5.75 Å². The minimum absolute atomic E-state index is 0.0526. The number of hydrogen-bond acceptors (Lipinski definition) is 6. The second-order valence-electron chi connectivity index (χ2n) is 4.44. The molecule has 2 heterocycles. The van der Waals surface area contributed by atoms with Gasteiger partial charge in [0.25, 0.3) is 5.91 Å². The summed E-state index contributed by atoms with van der Waals surface area (Å²) in [5.41, 5.74) is 0.283. The molecule has 19 heavy (non-hydrogen) atoms. The van der Waals surface area contributed by atoms with Gasteiger partial charge in [-0.25, -0.2) is 0 Å². The Kier molecular flexibility index (Phi) is 2.86. The Bertz CT molecular complexity index is 607. The Labute approximate surface area is 108 Å². The highest BCUT2D eigenvalue weighted by Gasteiger charge is 2.29. The highest BCUT2D eigenvalue weighted by Crippen LogP contribution is 2.38. The van der Waals surface area contributed by atoms with E-state index in [1.165, 1.54) is 18.5 Å². The lowest BCUT2D eigenvalue weighted by molar-refractivity contribution is 0.0949. The monoisotopic (exact) mass is 260 g/mol. The van der Waals surface area contributed by atoms with Crippen LogP contribution in [0.3, 0.4) is 0 Å². The summed E-state index contributed by atoms with van der Waals surface area (Å²) in [5, 5.41) is 15.7. The van der Waals surface area contributed by atoms with E-state index in [9.17, 15) is 9.90 Å². The molecule has 1 saturated carbocycles. The number of aromatic nitrogens is 3. The number of amides is 1. The molecule has 0 bridgehead atoms. The van der Waals surface area contributed by atoms with Crippen molar-refractivity contribution in [3.8, 4) is 5.75 Å². The number of hydrogen-bond donors (Lipinski definition) is 2. The topological polar surface area (TPSA) is 101 Å². The minimum Gasteiger partial charge on any atom is -0.506 e. The quantitative estimate of drug-likeness (QED) is 0.849. The van der Waals surface area contributed by atoms with E-state index in [2.05, 4.69) is 20.4 Å². The number of carbonyl (C=O) groups is 1. The Hall–Kier alpha value is -2.44. The van der Waals surface area contributed by atoms with Gasteiger partial charge in [-0.15, -0.1) is 0 Å². The molecule has 98 valence electrons. The van der Waals surface area contributed by atoms with Gasteiger partial charge in [0.15, 0.2) is 5.82 Å². The molecule has 0 spiro atoms. The molecule has 7 nitrogen and oxygen atoms in total. The Morgan fingerprint density at radius 2 is 2.32 bits per heavy atom. The third-order valence-electron chi connectivity index (χ3n) is 2.80. The van der Waals surface area contributed by atoms with E-state index in [1.807, 2.05) is 0 Å². The molecule has 1 amide bonds. The molecule has 2 aromatic rings. The van der Waals surface area contributed by atoms with Crippen LogP contribution in [0.2, 0.25) is 0 Å². The molecule has 0 saturated heterocycles. The van der Waals surface area contributed by atoms with E-state index < -0.39 is 0 Å². The molecular weight excluding hydrogens is 248 g/mol. The highest BCUT2D eigenvalue weighted by molar-refractivity contribution is 5.94. The van der Waals surface area contributed by atoms with E-state index in [4.69, 9.17) is 4.52 Å². The first-order chi connectivity index (χ1) is 9.22. The van der Waals surface area contributed by atoms with Gasteiger partial charge in [0.2, 0.25) is 5.89 Å². The van der Waals surface area contributed by atoms with Crippen molar-refractivity contribution in [1.29, 1.82) is 0 Å². The van der Waals surface area contributed by atoms with Crippen LogP contribution in [0.1, 0.15) is 40.8 Å². The van der Waals surface area contributed by atoms with E-state index in [0.717, 1.165) is 12.8 Å². The second kappa shape index (κ2) is 4.68. The fourth-order valence-electron chi connectivity index (χ4n) is 1.65. The van der Waals surface area contributed by atoms with Crippen molar-refractivity contribution in [3.05, 3.63) is 35.7 Å². The largest absolute Gasteiger partial charge is 0.506 e. The van der Waals surface area contributed by atoms with E-state index in [1.54, 1.807) is 0 Å². The van der Waals surface area contributed by atoms with Gasteiger partial charge in [0.05, 0.1) is 18.3 Å². The molecule has 1 aliphatic rings. The molecule has 0 aliphatic heterocycles. The summed E-state index contributed by atoms with van der Waals surface area (Å²) in [7, 11) is 0. The first-order valence-electron chi connectivity index (χ1n) is 5.97.